The zero-order valence-corrected chi connectivity index (χ0v) is 7.64. The minimum absolute atomic E-state index is 0.215. The summed E-state index contributed by atoms with van der Waals surface area (Å²) in [7, 11) is 0. The number of aromatic nitrogens is 1. The molecular formula is C10H11F2N. The highest BCUT2D eigenvalue weighted by molar-refractivity contribution is 5.47. The molecule has 3 heteroatoms. The molecule has 0 amide bonds. The normalized spacial score (nSPS) is 11.4. The largest absolute Gasteiger partial charge is 0.286 e. The first-order valence-electron chi connectivity index (χ1n) is 3.93. The molecule has 0 saturated heterocycles. The van der Waals surface area contributed by atoms with Gasteiger partial charge in [-0.3, -0.25) is 0 Å². The maximum atomic E-state index is 12.8. The molecule has 1 aromatic rings. The van der Waals surface area contributed by atoms with Gasteiger partial charge >= 0.3 is 0 Å². The smallest absolute Gasteiger partial charge is 0.247 e. The Bertz CT molecular complexity index is 326. The number of nitrogens with zero attached hydrogens (tertiary/aromatic N) is 1. The molecule has 1 rings (SSSR count). The van der Waals surface area contributed by atoms with Gasteiger partial charge in [0.15, 0.2) is 0 Å². The van der Waals surface area contributed by atoms with E-state index in [1.807, 2.05) is 6.92 Å². The minimum Gasteiger partial charge on any atom is -0.247 e. The van der Waals surface area contributed by atoms with Crippen molar-refractivity contribution >= 4 is 6.08 Å². The fourth-order valence-electron chi connectivity index (χ4n) is 0.996. The van der Waals surface area contributed by atoms with Crippen LogP contribution >= 0.6 is 0 Å². The van der Waals surface area contributed by atoms with E-state index in [4.69, 9.17) is 0 Å². The maximum Gasteiger partial charge on any atom is 0.286 e. The third kappa shape index (κ3) is 2.11. The van der Waals surface area contributed by atoms with Gasteiger partial charge < -0.3 is 0 Å². The number of halogens is 2. The van der Waals surface area contributed by atoms with E-state index in [9.17, 15) is 8.78 Å². The Balaban J connectivity index is 3.21. The molecule has 0 spiro atoms. The molecule has 1 nitrogen and oxygen atoms in total. The highest BCUT2D eigenvalue weighted by Gasteiger charge is 2.26. The number of pyridine rings is 1. The van der Waals surface area contributed by atoms with Crippen LogP contribution < -0.4 is 0 Å². The average molecular weight is 183 g/mol. The molecule has 13 heavy (non-hydrogen) atoms. The summed E-state index contributed by atoms with van der Waals surface area (Å²) in [5.41, 5.74) is 1.15. The Morgan fingerprint density at radius 3 is 2.54 bits per heavy atom. The lowest BCUT2D eigenvalue weighted by Crippen LogP contribution is -2.10. The van der Waals surface area contributed by atoms with Crippen LogP contribution in [0.3, 0.4) is 0 Å². The summed E-state index contributed by atoms with van der Waals surface area (Å²) in [5, 5.41) is 0. The van der Waals surface area contributed by atoms with E-state index in [1.54, 1.807) is 6.07 Å². The first-order valence-corrected chi connectivity index (χ1v) is 3.93. The highest BCUT2D eigenvalue weighted by atomic mass is 19.3. The van der Waals surface area contributed by atoms with Gasteiger partial charge in [0.05, 0.1) is 5.69 Å². The first kappa shape index (κ1) is 9.84. The van der Waals surface area contributed by atoms with Crippen molar-refractivity contribution in [1.82, 2.24) is 4.98 Å². The maximum absolute atomic E-state index is 12.8. The molecule has 0 aromatic carbocycles. The lowest BCUT2D eigenvalue weighted by Gasteiger charge is -2.10. The summed E-state index contributed by atoms with van der Waals surface area (Å²) in [4.78, 5) is 3.79. The zero-order valence-electron chi connectivity index (χ0n) is 7.64. The molecule has 0 atom stereocenters. The summed E-state index contributed by atoms with van der Waals surface area (Å²) in [6, 6.07) is 2.96. The van der Waals surface area contributed by atoms with Crippen LogP contribution in [0.4, 0.5) is 8.78 Å². The third-order valence-electron chi connectivity index (χ3n) is 1.78. The lowest BCUT2D eigenvalue weighted by molar-refractivity contribution is 0.0127. The van der Waals surface area contributed by atoms with Gasteiger partial charge in [0, 0.05) is 6.92 Å². The number of alkyl halides is 2. The van der Waals surface area contributed by atoms with Gasteiger partial charge in [0.2, 0.25) is 0 Å². The van der Waals surface area contributed by atoms with Gasteiger partial charge in [-0.15, -0.1) is 0 Å². The lowest BCUT2D eigenvalue weighted by atomic mass is 10.1. The summed E-state index contributed by atoms with van der Waals surface area (Å²) in [6.07, 6.45) is 1.48. The molecule has 0 aliphatic carbocycles. The molecule has 0 saturated carbocycles. The minimum atomic E-state index is -2.88. The van der Waals surface area contributed by atoms with E-state index < -0.39 is 5.92 Å². The second kappa shape index (κ2) is 3.24. The van der Waals surface area contributed by atoms with Crippen molar-refractivity contribution in [3.05, 3.63) is 35.7 Å². The molecular weight excluding hydrogens is 172 g/mol. The monoisotopic (exact) mass is 183 g/mol. The van der Waals surface area contributed by atoms with Gasteiger partial charge in [-0.25, -0.2) is 4.98 Å². The Morgan fingerprint density at radius 1 is 1.46 bits per heavy atom. The molecule has 0 fully saturated rings. The SMILES string of the molecule is C=Cc1nc(C(C)(F)F)ccc1C. The van der Waals surface area contributed by atoms with E-state index in [-0.39, 0.29) is 5.69 Å². The van der Waals surface area contributed by atoms with E-state index >= 15 is 0 Å². The number of hydrogen-bond acceptors (Lipinski definition) is 1. The van der Waals surface area contributed by atoms with E-state index in [1.165, 1.54) is 12.1 Å². The molecule has 1 heterocycles. The Kier molecular flexibility index (Phi) is 2.45. The van der Waals surface area contributed by atoms with E-state index in [0.29, 0.717) is 5.69 Å². The first-order chi connectivity index (χ1) is 5.95. The fourth-order valence-corrected chi connectivity index (χ4v) is 0.996. The van der Waals surface area contributed by atoms with Crippen molar-refractivity contribution in [2.75, 3.05) is 0 Å². The second-order valence-electron chi connectivity index (χ2n) is 2.99. The molecule has 0 bridgehead atoms. The van der Waals surface area contributed by atoms with Crippen LogP contribution in [-0.4, -0.2) is 4.98 Å². The van der Waals surface area contributed by atoms with E-state index in [2.05, 4.69) is 11.6 Å². The molecule has 0 unspecified atom stereocenters. The van der Waals surface area contributed by atoms with Gasteiger partial charge in [0.25, 0.3) is 5.92 Å². The van der Waals surface area contributed by atoms with Crippen LogP contribution in [0.25, 0.3) is 6.08 Å². The van der Waals surface area contributed by atoms with Crippen LogP contribution in [0.5, 0.6) is 0 Å². The Labute approximate surface area is 76.1 Å². The summed E-state index contributed by atoms with van der Waals surface area (Å²) >= 11 is 0. The Morgan fingerprint density at radius 2 is 2.08 bits per heavy atom. The van der Waals surface area contributed by atoms with Crippen LogP contribution in [0.2, 0.25) is 0 Å². The summed E-state index contributed by atoms with van der Waals surface area (Å²) in [6.45, 7) is 6.15. The van der Waals surface area contributed by atoms with Crippen molar-refractivity contribution < 1.29 is 8.78 Å². The number of rotatable bonds is 2. The van der Waals surface area contributed by atoms with Crippen LogP contribution in [0, 0.1) is 6.92 Å². The molecule has 1 aromatic heterocycles. The topological polar surface area (TPSA) is 12.9 Å². The molecule has 70 valence electrons. The van der Waals surface area contributed by atoms with Crippen molar-refractivity contribution in [2.45, 2.75) is 19.8 Å². The zero-order chi connectivity index (χ0) is 10.1. The van der Waals surface area contributed by atoms with Gasteiger partial charge in [-0.05, 0) is 24.6 Å². The summed E-state index contributed by atoms with van der Waals surface area (Å²) in [5.74, 6) is -2.88. The Hall–Kier alpha value is -1.25. The number of hydrogen-bond donors (Lipinski definition) is 0. The summed E-state index contributed by atoms with van der Waals surface area (Å²) < 4.78 is 25.6. The van der Waals surface area contributed by atoms with Crippen molar-refractivity contribution in [1.29, 1.82) is 0 Å². The molecule has 0 N–H and O–H groups in total. The van der Waals surface area contributed by atoms with Crippen molar-refractivity contribution in [2.24, 2.45) is 0 Å². The van der Waals surface area contributed by atoms with Crippen LogP contribution in [-0.2, 0) is 5.92 Å². The predicted molar refractivity (Wildman–Crippen MR) is 48.6 cm³/mol. The van der Waals surface area contributed by atoms with Crippen LogP contribution in [0.15, 0.2) is 18.7 Å². The van der Waals surface area contributed by atoms with Gasteiger partial charge in [-0.2, -0.15) is 8.78 Å². The standard InChI is InChI=1S/C10H11F2N/c1-4-8-7(2)5-6-9(13-8)10(3,11)12/h4-6H,1H2,2-3H3. The fraction of sp³-hybridized carbons (Fsp3) is 0.300. The van der Waals surface area contributed by atoms with Crippen molar-refractivity contribution in [3.8, 4) is 0 Å². The quantitative estimate of drug-likeness (QED) is 0.686. The average Bonchev–Trinajstić information content (AvgIpc) is 2.03. The highest BCUT2D eigenvalue weighted by Crippen LogP contribution is 2.25. The predicted octanol–water partition coefficient (Wildman–Crippen LogP) is 3.14. The molecule has 0 aliphatic rings. The van der Waals surface area contributed by atoms with Gasteiger partial charge in [-0.1, -0.05) is 12.6 Å². The second-order valence-corrected chi connectivity index (χ2v) is 2.99. The van der Waals surface area contributed by atoms with E-state index in [0.717, 1.165) is 12.5 Å². The van der Waals surface area contributed by atoms with Gasteiger partial charge in [0.1, 0.15) is 5.69 Å². The molecule has 0 radical (unpaired) electrons. The van der Waals surface area contributed by atoms with Crippen LogP contribution in [0.1, 0.15) is 23.9 Å². The molecule has 0 aliphatic heterocycles. The number of aryl methyl sites for hydroxylation is 1. The third-order valence-corrected chi connectivity index (χ3v) is 1.78. The van der Waals surface area contributed by atoms with Crippen molar-refractivity contribution in [3.63, 3.8) is 0 Å².